The molecule has 1 fully saturated rings. The third-order valence-corrected chi connectivity index (χ3v) is 4.52. The number of halogens is 2. The van der Waals surface area contributed by atoms with E-state index in [0.717, 1.165) is 23.3 Å². The molecule has 1 saturated heterocycles. The Morgan fingerprint density at radius 2 is 1.85 bits per heavy atom. The molecule has 1 heterocycles. The first-order valence-electron chi connectivity index (χ1n) is 8.86. The maximum absolute atomic E-state index is 11.7. The topological polar surface area (TPSA) is 71.5 Å². The van der Waals surface area contributed by atoms with E-state index in [-0.39, 0.29) is 25.1 Å². The van der Waals surface area contributed by atoms with Crippen molar-refractivity contribution < 1.29 is 24.1 Å². The Morgan fingerprint density at radius 1 is 1.19 bits per heavy atom. The number of piperazine rings is 1. The van der Waals surface area contributed by atoms with Gasteiger partial charge in [0, 0.05) is 37.2 Å². The van der Waals surface area contributed by atoms with Gasteiger partial charge < -0.3 is 24.2 Å². The average Bonchev–Trinajstić information content (AvgIpc) is 2.64. The minimum atomic E-state index is -0.558. The van der Waals surface area contributed by atoms with Crippen LogP contribution in [0.4, 0.5) is 4.79 Å². The van der Waals surface area contributed by atoms with Gasteiger partial charge in [0.15, 0.2) is 0 Å². The van der Waals surface area contributed by atoms with Crippen molar-refractivity contribution in [2.24, 2.45) is 0 Å². The number of nitrogens with zero attached hydrogens (tertiary/aromatic N) is 2. The van der Waals surface area contributed by atoms with Gasteiger partial charge in [0.2, 0.25) is 0 Å². The monoisotopic (exact) mass is 466 g/mol. The second-order valence-corrected chi connectivity index (χ2v) is 6.93. The van der Waals surface area contributed by atoms with Gasteiger partial charge in [-0.1, -0.05) is 15.9 Å². The molecule has 1 aromatic carbocycles. The van der Waals surface area contributed by atoms with Crippen LogP contribution in [-0.2, 0) is 9.47 Å². The summed E-state index contributed by atoms with van der Waals surface area (Å²) in [6.07, 6.45) is -0.821. The molecule has 2 rings (SSSR count). The van der Waals surface area contributed by atoms with Gasteiger partial charge in [-0.2, -0.15) is 0 Å². The number of benzene rings is 1. The van der Waals surface area contributed by atoms with E-state index in [1.54, 1.807) is 11.8 Å². The fraction of sp³-hybridized carbons (Fsp3) is 0.611. The molecule has 1 N–H and O–H groups in total. The highest BCUT2D eigenvalue weighted by molar-refractivity contribution is 9.10. The van der Waals surface area contributed by atoms with E-state index in [1.807, 2.05) is 24.3 Å². The van der Waals surface area contributed by atoms with Gasteiger partial charge in [-0.3, -0.25) is 4.90 Å². The number of amides is 1. The number of β-amino-alcohol motifs (C(OH)–C–C–N with tert-alkyl or cyclic N) is 1. The minimum Gasteiger partial charge on any atom is -0.491 e. The van der Waals surface area contributed by atoms with Crippen LogP contribution >= 0.6 is 28.3 Å². The third kappa shape index (κ3) is 9.12. The van der Waals surface area contributed by atoms with Crippen LogP contribution < -0.4 is 4.74 Å². The normalized spacial score (nSPS) is 15.7. The van der Waals surface area contributed by atoms with Gasteiger partial charge in [0.05, 0.1) is 25.9 Å². The zero-order chi connectivity index (χ0) is 18.8. The van der Waals surface area contributed by atoms with E-state index < -0.39 is 6.10 Å². The summed E-state index contributed by atoms with van der Waals surface area (Å²) in [5.41, 5.74) is 0. The molecule has 1 amide bonds. The molecule has 0 aliphatic carbocycles. The molecule has 1 atom stereocenters. The lowest BCUT2D eigenvalue weighted by molar-refractivity contribution is -0.0000935. The SMILES string of the molecule is CCOC(=O)N1CCN(CC(O)COCCOc2ccc(Br)cc2)CC1.Cl. The molecular formula is C18H28BrClN2O5. The van der Waals surface area contributed by atoms with Crippen molar-refractivity contribution in [3.05, 3.63) is 28.7 Å². The summed E-state index contributed by atoms with van der Waals surface area (Å²) < 4.78 is 17.0. The Labute approximate surface area is 175 Å². The highest BCUT2D eigenvalue weighted by atomic mass is 79.9. The number of carbonyl (C=O) groups excluding carboxylic acids is 1. The summed E-state index contributed by atoms with van der Waals surface area (Å²) >= 11 is 3.37. The predicted octanol–water partition coefficient (Wildman–Crippen LogP) is 2.40. The smallest absolute Gasteiger partial charge is 0.409 e. The molecular weight excluding hydrogens is 440 g/mol. The van der Waals surface area contributed by atoms with Crippen LogP contribution in [0.1, 0.15) is 6.92 Å². The number of hydrogen-bond donors (Lipinski definition) is 1. The summed E-state index contributed by atoms with van der Waals surface area (Å²) in [5.74, 6) is 0.789. The van der Waals surface area contributed by atoms with Gasteiger partial charge in [0.25, 0.3) is 0 Å². The predicted molar refractivity (Wildman–Crippen MR) is 109 cm³/mol. The summed E-state index contributed by atoms with van der Waals surface area (Å²) in [4.78, 5) is 15.5. The molecule has 1 aliphatic rings. The third-order valence-electron chi connectivity index (χ3n) is 3.99. The number of aliphatic hydroxyl groups is 1. The number of carbonyl (C=O) groups is 1. The summed E-state index contributed by atoms with van der Waals surface area (Å²) in [5, 5.41) is 10.1. The first-order chi connectivity index (χ1) is 12.6. The lowest BCUT2D eigenvalue weighted by Gasteiger charge is -2.34. The Balaban J connectivity index is 0.00000364. The maximum atomic E-state index is 11.7. The van der Waals surface area contributed by atoms with Crippen LogP contribution in [-0.4, -0.2) is 86.3 Å². The Bertz CT molecular complexity index is 541. The number of hydrogen-bond acceptors (Lipinski definition) is 6. The van der Waals surface area contributed by atoms with Gasteiger partial charge in [-0.05, 0) is 31.2 Å². The van der Waals surface area contributed by atoms with Crippen molar-refractivity contribution in [2.75, 3.05) is 59.2 Å². The molecule has 0 spiro atoms. The van der Waals surface area contributed by atoms with Crippen LogP contribution in [0.25, 0.3) is 0 Å². The largest absolute Gasteiger partial charge is 0.491 e. The molecule has 0 saturated carbocycles. The van der Waals surface area contributed by atoms with Crippen LogP contribution in [0.3, 0.4) is 0 Å². The number of ether oxygens (including phenoxy) is 3. The highest BCUT2D eigenvalue weighted by Gasteiger charge is 2.23. The van der Waals surface area contributed by atoms with Crippen molar-refractivity contribution >= 4 is 34.4 Å². The lowest BCUT2D eigenvalue weighted by atomic mass is 10.3. The first-order valence-corrected chi connectivity index (χ1v) is 9.66. The quantitative estimate of drug-likeness (QED) is 0.562. The van der Waals surface area contributed by atoms with E-state index in [1.165, 1.54) is 0 Å². The van der Waals surface area contributed by atoms with Crippen molar-refractivity contribution in [1.29, 1.82) is 0 Å². The van der Waals surface area contributed by atoms with Crippen LogP contribution in [0.15, 0.2) is 28.7 Å². The number of aliphatic hydroxyl groups excluding tert-OH is 1. The zero-order valence-electron chi connectivity index (χ0n) is 15.5. The van der Waals surface area contributed by atoms with Crippen molar-refractivity contribution in [3.8, 4) is 5.75 Å². The molecule has 1 aliphatic heterocycles. The molecule has 1 aromatic rings. The fourth-order valence-corrected chi connectivity index (χ4v) is 2.91. The zero-order valence-corrected chi connectivity index (χ0v) is 17.9. The lowest BCUT2D eigenvalue weighted by Crippen LogP contribution is -2.51. The van der Waals surface area contributed by atoms with Crippen LogP contribution in [0.5, 0.6) is 5.75 Å². The van der Waals surface area contributed by atoms with E-state index in [4.69, 9.17) is 14.2 Å². The number of rotatable bonds is 9. The van der Waals surface area contributed by atoms with Crippen molar-refractivity contribution in [2.45, 2.75) is 13.0 Å². The van der Waals surface area contributed by atoms with Gasteiger partial charge in [-0.15, -0.1) is 12.4 Å². The second kappa shape index (κ2) is 13.2. The molecule has 0 bridgehead atoms. The van der Waals surface area contributed by atoms with E-state index in [2.05, 4.69) is 20.8 Å². The molecule has 1 unspecified atom stereocenters. The maximum Gasteiger partial charge on any atom is 0.409 e. The van der Waals surface area contributed by atoms with Crippen LogP contribution in [0.2, 0.25) is 0 Å². The Kier molecular flexibility index (Phi) is 11.7. The summed E-state index contributed by atoms with van der Waals surface area (Å²) in [6, 6.07) is 7.60. The molecule has 154 valence electrons. The molecule has 0 aromatic heterocycles. The highest BCUT2D eigenvalue weighted by Crippen LogP contribution is 2.15. The van der Waals surface area contributed by atoms with E-state index >= 15 is 0 Å². The first kappa shape index (κ1) is 24.0. The van der Waals surface area contributed by atoms with Crippen molar-refractivity contribution in [1.82, 2.24) is 9.80 Å². The standard InChI is InChI=1S/C18H27BrN2O5.ClH/c1-2-25-18(23)21-9-7-20(8-10-21)13-16(22)14-24-11-12-26-17-5-3-15(19)4-6-17;/h3-6,16,22H,2,7-14H2,1H3;1H. The summed E-state index contributed by atoms with van der Waals surface area (Å²) in [7, 11) is 0. The molecule has 27 heavy (non-hydrogen) atoms. The van der Waals surface area contributed by atoms with Crippen LogP contribution in [0, 0.1) is 0 Å². The summed E-state index contributed by atoms with van der Waals surface area (Å²) in [6.45, 7) is 6.53. The van der Waals surface area contributed by atoms with Crippen molar-refractivity contribution in [3.63, 3.8) is 0 Å². The van der Waals surface area contributed by atoms with E-state index in [0.29, 0.717) is 39.5 Å². The Hall–Kier alpha value is -1.06. The van der Waals surface area contributed by atoms with Gasteiger partial charge in [0.1, 0.15) is 12.4 Å². The molecule has 0 radical (unpaired) electrons. The molecule has 9 heteroatoms. The van der Waals surface area contributed by atoms with Gasteiger partial charge in [-0.25, -0.2) is 4.79 Å². The Morgan fingerprint density at radius 3 is 2.48 bits per heavy atom. The van der Waals surface area contributed by atoms with E-state index in [9.17, 15) is 9.90 Å². The minimum absolute atomic E-state index is 0. The molecule has 7 nitrogen and oxygen atoms in total. The average molecular weight is 468 g/mol. The second-order valence-electron chi connectivity index (χ2n) is 6.02. The fourth-order valence-electron chi connectivity index (χ4n) is 2.65. The van der Waals surface area contributed by atoms with Gasteiger partial charge >= 0.3 is 6.09 Å².